The van der Waals surface area contributed by atoms with E-state index in [4.69, 9.17) is 0 Å². The molecule has 1 aliphatic heterocycles. The summed E-state index contributed by atoms with van der Waals surface area (Å²) in [4.78, 5) is 26.0. The van der Waals surface area contributed by atoms with Crippen LogP contribution < -0.4 is 5.32 Å². The van der Waals surface area contributed by atoms with Crippen molar-refractivity contribution in [3.05, 3.63) is 35.9 Å². The molecule has 0 radical (unpaired) electrons. The van der Waals surface area contributed by atoms with Crippen molar-refractivity contribution in [3.63, 3.8) is 0 Å². The first kappa shape index (κ1) is 17.0. The molecule has 2 aliphatic rings. The quantitative estimate of drug-likeness (QED) is 0.870. The Morgan fingerprint density at radius 3 is 2.67 bits per heavy atom. The van der Waals surface area contributed by atoms with Crippen LogP contribution in [-0.4, -0.2) is 40.5 Å². The van der Waals surface area contributed by atoms with Gasteiger partial charge in [0.1, 0.15) is 6.04 Å². The highest BCUT2D eigenvalue weighted by molar-refractivity contribution is 5.80. The summed E-state index contributed by atoms with van der Waals surface area (Å²) < 4.78 is 0. The minimum Gasteiger partial charge on any atom is -0.480 e. The molecular formula is C19H26N2O3. The van der Waals surface area contributed by atoms with Gasteiger partial charge < -0.3 is 10.4 Å². The van der Waals surface area contributed by atoms with Gasteiger partial charge in [-0.25, -0.2) is 0 Å². The van der Waals surface area contributed by atoms with Gasteiger partial charge in [-0.3, -0.25) is 14.5 Å². The molecule has 2 fully saturated rings. The maximum atomic E-state index is 12.5. The molecule has 1 aliphatic carbocycles. The largest absolute Gasteiger partial charge is 0.480 e. The van der Waals surface area contributed by atoms with Crippen molar-refractivity contribution < 1.29 is 14.7 Å². The summed E-state index contributed by atoms with van der Waals surface area (Å²) in [6, 6.07) is 9.47. The Labute approximate surface area is 143 Å². The number of benzene rings is 1. The fraction of sp³-hybridized carbons (Fsp3) is 0.579. The average molecular weight is 330 g/mol. The monoisotopic (exact) mass is 330 g/mol. The van der Waals surface area contributed by atoms with Crippen molar-refractivity contribution in [1.82, 2.24) is 10.2 Å². The van der Waals surface area contributed by atoms with Gasteiger partial charge >= 0.3 is 5.97 Å². The van der Waals surface area contributed by atoms with Crippen molar-refractivity contribution in [2.24, 2.45) is 5.92 Å². The van der Waals surface area contributed by atoms with Crippen molar-refractivity contribution in [2.75, 3.05) is 6.54 Å². The highest BCUT2D eigenvalue weighted by Gasteiger charge is 2.45. The molecule has 130 valence electrons. The topological polar surface area (TPSA) is 69.6 Å². The van der Waals surface area contributed by atoms with Gasteiger partial charge in [-0.1, -0.05) is 43.2 Å². The van der Waals surface area contributed by atoms with E-state index in [1.54, 1.807) is 0 Å². The Kier molecular flexibility index (Phi) is 5.19. The van der Waals surface area contributed by atoms with E-state index in [0.717, 1.165) is 24.8 Å². The average Bonchev–Trinajstić information content (AvgIpc) is 2.94. The predicted octanol–water partition coefficient (Wildman–Crippen LogP) is 2.58. The van der Waals surface area contributed by atoms with Crippen LogP contribution in [0.4, 0.5) is 0 Å². The molecule has 1 heterocycles. The van der Waals surface area contributed by atoms with Crippen LogP contribution in [0, 0.1) is 5.92 Å². The minimum absolute atomic E-state index is 0.0771. The Bertz CT molecular complexity index is 590. The third-order valence-corrected chi connectivity index (χ3v) is 5.51. The minimum atomic E-state index is -0.798. The third-order valence-electron chi connectivity index (χ3n) is 5.51. The summed E-state index contributed by atoms with van der Waals surface area (Å²) in [5, 5.41) is 12.5. The van der Waals surface area contributed by atoms with Gasteiger partial charge in [-0.15, -0.1) is 0 Å². The number of rotatable bonds is 5. The lowest BCUT2D eigenvalue weighted by atomic mass is 9.85. The van der Waals surface area contributed by atoms with Gasteiger partial charge in [0, 0.05) is 6.04 Å². The van der Waals surface area contributed by atoms with Gasteiger partial charge in [-0.05, 0) is 37.7 Å². The summed E-state index contributed by atoms with van der Waals surface area (Å²) >= 11 is 0. The second kappa shape index (κ2) is 7.34. The van der Waals surface area contributed by atoms with Crippen molar-refractivity contribution >= 4 is 11.9 Å². The number of aliphatic carboxylic acids is 1. The second-order valence-corrected chi connectivity index (χ2v) is 7.07. The smallest absolute Gasteiger partial charge is 0.320 e. The van der Waals surface area contributed by atoms with Crippen molar-refractivity contribution in [1.29, 1.82) is 0 Å². The molecule has 2 N–H and O–H groups in total. The zero-order valence-corrected chi connectivity index (χ0v) is 14.1. The third kappa shape index (κ3) is 3.61. The highest BCUT2D eigenvalue weighted by atomic mass is 16.4. The lowest BCUT2D eigenvalue weighted by molar-refractivity contribution is -0.143. The summed E-state index contributed by atoms with van der Waals surface area (Å²) in [6.45, 7) is 2.13. The standard InChI is InChI=1S/C19H26N2O3/c1-13(14-7-3-2-4-8-14)20-18(22)12-21-16-10-6-5-9-15(16)11-17(21)19(23)24/h2-4,7-8,13,15-17H,5-6,9-12H2,1H3,(H,20,22)(H,23,24). The second-order valence-electron chi connectivity index (χ2n) is 7.07. The van der Waals surface area contributed by atoms with Crippen LogP contribution in [0.25, 0.3) is 0 Å². The first-order chi connectivity index (χ1) is 11.6. The first-order valence-corrected chi connectivity index (χ1v) is 8.89. The molecule has 5 heteroatoms. The molecule has 1 aromatic rings. The molecule has 0 aromatic heterocycles. The summed E-state index contributed by atoms with van der Waals surface area (Å²) in [7, 11) is 0. The number of likely N-dealkylation sites (tertiary alicyclic amines) is 1. The van der Waals surface area contributed by atoms with E-state index in [1.807, 2.05) is 42.2 Å². The Morgan fingerprint density at radius 2 is 1.96 bits per heavy atom. The van der Waals surface area contributed by atoms with E-state index < -0.39 is 12.0 Å². The number of amides is 1. The number of carboxylic acid groups (broad SMARTS) is 1. The number of nitrogens with one attached hydrogen (secondary N) is 1. The molecule has 1 amide bonds. The predicted molar refractivity (Wildman–Crippen MR) is 91.5 cm³/mol. The van der Waals surface area contributed by atoms with Crippen LogP contribution in [0.3, 0.4) is 0 Å². The highest BCUT2D eigenvalue weighted by Crippen LogP contribution is 2.39. The number of carboxylic acids is 1. The SMILES string of the molecule is CC(NC(=O)CN1C(C(=O)O)CC2CCCCC21)c1ccccc1. The Balaban J connectivity index is 1.64. The molecule has 24 heavy (non-hydrogen) atoms. The fourth-order valence-corrected chi connectivity index (χ4v) is 4.30. The molecule has 1 aromatic carbocycles. The molecular weight excluding hydrogens is 304 g/mol. The molecule has 3 rings (SSSR count). The maximum Gasteiger partial charge on any atom is 0.320 e. The number of hydrogen-bond donors (Lipinski definition) is 2. The van der Waals surface area contributed by atoms with Crippen LogP contribution in [0.2, 0.25) is 0 Å². The maximum absolute atomic E-state index is 12.5. The van der Waals surface area contributed by atoms with E-state index in [9.17, 15) is 14.7 Å². The first-order valence-electron chi connectivity index (χ1n) is 8.89. The van der Waals surface area contributed by atoms with Crippen LogP contribution in [-0.2, 0) is 9.59 Å². The molecule has 1 saturated heterocycles. The van der Waals surface area contributed by atoms with Crippen LogP contribution in [0.5, 0.6) is 0 Å². The number of fused-ring (bicyclic) bond motifs is 1. The van der Waals surface area contributed by atoms with E-state index >= 15 is 0 Å². The van der Waals surface area contributed by atoms with Crippen LogP contribution in [0.1, 0.15) is 50.6 Å². The number of nitrogens with zero attached hydrogens (tertiary/aromatic N) is 1. The molecule has 0 bridgehead atoms. The number of carbonyl (C=O) groups is 2. The van der Waals surface area contributed by atoms with Gasteiger partial charge in [0.25, 0.3) is 0 Å². The van der Waals surface area contributed by atoms with Crippen LogP contribution >= 0.6 is 0 Å². The zero-order chi connectivity index (χ0) is 17.1. The van der Waals surface area contributed by atoms with Gasteiger partial charge in [-0.2, -0.15) is 0 Å². The Morgan fingerprint density at radius 1 is 1.25 bits per heavy atom. The van der Waals surface area contributed by atoms with E-state index in [1.165, 1.54) is 6.42 Å². The number of carbonyl (C=O) groups excluding carboxylic acids is 1. The normalized spacial score (nSPS) is 28.1. The molecule has 5 nitrogen and oxygen atoms in total. The zero-order valence-electron chi connectivity index (χ0n) is 14.1. The molecule has 4 unspecified atom stereocenters. The summed E-state index contributed by atoms with van der Waals surface area (Å²) in [5.41, 5.74) is 1.05. The summed E-state index contributed by atoms with van der Waals surface area (Å²) in [6.07, 6.45) is 5.09. The lowest BCUT2D eigenvalue weighted by Crippen LogP contribution is -2.47. The van der Waals surface area contributed by atoms with Gasteiger partial charge in [0.15, 0.2) is 0 Å². The van der Waals surface area contributed by atoms with E-state index in [2.05, 4.69) is 5.32 Å². The summed E-state index contributed by atoms with van der Waals surface area (Å²) in [5.74, 6) is -0.462. The van der Waals surface area contributed by atoms with Crippen LogP contribution in [0.15, 0.2) is 30.3 Å². The van der Waals surface area contributed by atoms with Crippen molar-refractivity contribution in [3.8, 4) is 0 Å². The van der Waals surface area contributed by atoms with Gasteiger partial charge in [0.05, 0.1) is 12.6 Å². The van der Waals surface area contributed by atoms with Gasteiger partial charge in [0.2, 0.25) is 5.91 Å². The fourth-order valence-electron chi connectivity index (χ4n) is 4.30. The van der Waals surface area contributed by atoms with E-state index in [0.29, 0.717) is 12.3 Å². The lowest BCUT2D eigenvalue weighted by Gasteiger charge is -2.32. The molecule has 0 spiro atoms. The number of hydrogen-bond acceptors (Lipinski definition) is 3. The Hall–Kier alpha value is -1.88. The van der Waals surface area contributed by atoms with Crippen molar-refractivity contribution in [2.45, 2.75) is 57.2 Å². The molecule has 1 saturated carbocycles. The van der Waals surface area contributed by atoms with E-state index in [-0.39, 0.29) is 24.5 Å². The molecule has 4 atom stereocenters.